The SMILES string of the molecule is CCN(CC)C(=O)CS(=O)(=O)CC1CCNCC1. The zero-order chi connectivity index (χ0) is 13.6. The monoisotopic (exact) mass is 276 g/mol. The fraction of sp³-hybridized carbons (Fsp3) is 0.917. The molecule has 1 saturated heterocycles. The predicted molar refractivity (Wildman–Crippen MR) is 72.2 cm³/mol. The molecule has 0 aliphatic carbocycles. The molecule has 0 aromatic heterocycles. The van der Waals surface area contributed by atoms with E-state index in [0.717, 1.165) is 25.9 Å². The molecule has 1 heterocycles. The minimum atomic E-state index is -3.26. The molecule has 0 saturated carbocycles. The Morgan fingerprint density at radius 1 is 1.22 bits per heavy atom. The summed E-state index contributed by atoms with van der Waals surface area (Å²) < 4.78 is 24.0. The van der Waals surface area contributed by atoms with Crippen LogP contribution in [-0.2, 0) is 14.6 Å². The van der Waals surface area contributed by atoms with Gasteiger partial charge in [-0.3, -0.25) is 4.79 Å². The summed E-state index contributed by atoms with van der Waals surface area (Å²) in [5.41, 5.74) is 0. The Bertz CT molecular complexity index is 358. The molecular weight excluding hydrogens is 252 g/mol. The molecule has 106 valence electrons. The zero-order valence-electron chi connectivity index (χ0n) is 11.3. The molecule has 1 fully saturated rings. The summed E-state index contributed by atoms with van der Waals surface area (Å²) in [7, 11) is -3.26. The van der Waals surface area contributed by atoms with Crippen LogP contribution in [0.25, 0.3) is 0 Å². The van der Waals surface area contributed by atoms with Gasteiger partial charge in [0.1, 0.15) is 5.75 Å². The lowest BCUT2D eigenvalue weighted by atomic mass is 10.0. The van der Waals surface area contributed by atoms with Crippen molar-refractivity contribution in [1.82, 2.24) is 10.2 Å². The second-order valence-corrected chi connectivity index (χ2v) is 6.92. The van der Waals surface area contributed by atoms with E-state index in [1.54, 1.807) is 4.90 Å². The van der Waals surface area contributed by atoms with Crippen LogP contribution in [0.3, 0.4) is 0 Å². The Labute approximate surface area is 110 Å². The van der Waals surface area contributed by atoms with Crippen molar-refractivity contribution in [1.29, 1.82) is 0 Å². The van der Waals surface area contributed by atoms with Gasteiger partial charge in [-0.15, -0.1) is 0 Å². The van der Waals surface area contributed by atoms with Crippen LogP contribution in [-0.4, -0.2) is 56.9 Å². The van der Waals surface area contributed by atoms with Crippen molar-refractivity contribution in [3.05, 3.63) is 0 Å². The first-order valence-electron chi connectivity index (χ1n) is 6.67. The number of sulfone groups is 1. The van der Waals surface area contributed by atoms with Gasteiger partial charge in [0.15, 0.2) is 9.84 Å². The van der Waals surface area contributed by atoms with Crippen LogP contribution >= 0.6 is 0 Å². The Kier molecular flexibility index (Phi) is 6.08. The molecule has 6 heteroatoms. The molecule has 0 spiro atoms. The number of carbonyl (C=O) groups is 1. The van der Waals surface area contributed by atoms with Gasteiger partial charge in [-0.1, -0.05) is 0 Å². The number of piperidine rings is 1. The summed E-state index contributed by atoms with van der Waals surface area (Å²) in [4.78, 5) is 13.4. The van der Waals surface area contributed by atoms with Crippen LogP contribution in [0.15, 0.2) is 0 Å². The van der Waals surface area contributed by atoms with E-state index in [0.29, 0.717) is 13.1 Å². The van der Waals surface area contributed by atoms with Crippen LogP contribution in [0, 0.1) is 5.92 Å². The highest BCUT2D eigenvalue weighted by molar-refractivity contribution is 7.92. The zero-order valence-corrected chi connectivity index (χ0v) is 12.1. The smallest absolute Gasteiger partial charge is 0.237 e. The largest absolute Gasteiger partial charge is 0.342 e. The number of nitrogens with one attached hydrogen (secondary N) is 1. The van der Waals surface area contributed by atoms with E-state index >= 15 is 0 Å². The van der Waals surface area contributed by atoms with Crippen molar-refractivity contribution in [2.75, 3.05) is 37.7 Å². The van der Waals surface area contributed by atoms with Gasteiger partial charge in [-0.2, -0.15) is 0 Å². The van der Waals surface area contributed by atoms with Gasteiger partial charge >= 0.3 is 0 Å². The van der Waals surface area contributed by atoms with Gasteiger partial charge in [-0.25, -0.2) is 8.42 Å². The second kappa shape index (κ2) is 7.09. The third kappa shape index (κ3) is 4.94. The lowest BCUT2D eigenvalue weighted by Gasteiger charge is -2.23. The first-order chi connectivity index (χ1) is 8.48. The van der Waals surface area contributed by atoms with Crippen molar-refractivity contribution in [3.63, 3.8) is 0 Å². The van der Waals surface area contributed by atoms with Gasteiger partial charge in [0.05, 0.1) is 5.75 Å². The van der Waals surface area contributed by atoms with Crippen molar-refractivity contribution >= 4 is 15.7 Å². The van der Waals surface area contributed by atoms with Gasteiger partial charge < -0.3 is 10.2 Å². The molecule has 0 bridgehead atoms. The molecule has 0 aromatic carbocycles. The number of hydrogen-bond acceptors (Lipinski definition) is 4. The maximum Gasteiger partial charge on any atom is 0.237 e. The summed E-state index contributed by atoms with van der Waals surface area (Å²) in [5.74, 6) is -0.241. The molecule has 1 aliphatic heterocycles. The van der Waals surface area contributed by atoms with Gasteiger partial charge in [0.25, 0.3) is 0 Å². The molecule has 1 aliphatic rings. The maximum atomic E-state index is 12.0. The third-order valence-electron chi connectivity index (χ3n) is 3.41. The van der Waals surface area contributed by atoms with E-state index in [2.05, 4.69) is 5.32 Å². The van der Waals surface area contributed by atoms with Crippen LogP contribution in [0.2, 0.25) is 0 Å². The van der Waals surface area contributed by atoms with E-state index in [-0.39, 0.29) is 23.3 Å². The topological polar surface area (TPSA) is 66.5 Å². The number of rotatable bonds is 6. The minimum absolute atomic E-state index is 0.154. The Morgan fingerprint density at radius 2 is 1.78 bits per heavy atom. The highest BCUT2D eigenvalue weighted by Gasteiger charge is 2.25. The lowest BCUT2D eigenvalue weighted by Crippen LogP contribution is -2.38. The number of amides is 1. The highest BCUT2D eigenvalue weighted by Crippen LogP contribution is 2.14. The Hall–Kier alpha value is -0.620. The summed E-state index contributed by atoms with van der Waals surface area (Å²) in [5, 5.41) is 3.21. The molecule has 1 amide bonds. The number of hydrogen-bond donors (Lipinski definition) is 1. The third-order valence-corrected chi connectivity index (χ3v) is 5.07. The average Bonchev–Trinajstić information content (AvgIpc) is 2.30. The van der Waals surface area contributed by atoms with Crippen LogP contribution in [0.5, 0.6) is 0 Å². The summed E-state index contributed by atoms with van der Waals surface area (Å²) in [6.45, 7) is 6.62. The molecular formula is C12H24N2O3S. The van der Waals surface area contributed by atoms with E-state index < -0.39 is 9.84 Å². The molecule has 18 heavy (non-hydrogen) atoms. The van der Waals surface area contributed by atoms with E-state index in [1.165, 1.54) is 0 Å². The van der Waals surface area contributed by atoms with Crippen LogP contribution in [0.1, 0.15) is 26.7 Å². The maximum absolute atomic E-state index is 12.0. The van der Waals surface area contributed by atoms with Gasteiger partial charge in [0.2, 0.25) is 5.91 Å². The van der Waals surface area contributed by atoms with Crippen molar-refractivity contribution < 1.29 is 13.2 Å². The standard InChI is InChI=1S/C12H24N2O3S/c1-3-14(4-2)12(15)10-18(16,17)9-11-5-7-13-8-6-11/h11,13H,3-10H2,1-2H3. The van der Waals surface area contributed by atoms with Gasteiger partial charge in [0, 0.05) is 13.1 Å². The number of carbonyl (C=O) groups excluding carboxylic acids is 1. The molecule has 1 rings (SSSR count). The molecule has 5 nitrogen and oxygen atoms in total. The normalized spacial score (nSPS) is 17.7. The van der Waals surface area contributed by atoms with Gasteiger partial charge in [-0.05, 0) is 45.7 Å². The molecule has 0 unspecified atom stereocenters. The second-order valence-electron chi connectivity index (χ2n) is 4.81. The Morgan fingerprint density at radius 3 is 2.28 bits per heavy atom. The first kappa shape index (κ1) is 15.4. The van der Waals surface area contributed by atoms with Crippen LogP contribution < -0.4 is 5.32 Å². The molecule has 0 radical (unpaired) electrons. The van der Waals surface area contributed by atoms with E-state index in [9.17, 15) is 13.2 Å². The Balaban J connectivity index is 2.50. The minimum Gasteiger partial charge on any atom is -0.342 e. The summed E-state index contributed by atoms with van der Waals surface area (Å²) in [6, 6.07) is 0. The first-order valence-corrected chi connectivity index (χ1v) is 8.49. The summed E-state index contributed by atoms with van der Waals surface area (Å²) in [6.07, 6.45) is 1.78. The molecule has 0 atom stereocenters. The highest BCUT2D eigenvalue weighted by atomic mass is 32.2. The van der Waals surface area contributed by atoms with E-state index in [1.807, 2.05) is 13.8 Å². The van der Waals surface area contributed by atoms with Crippen molar-refractivity contribution in [2.24, 2.45) is 5.92 Å². The quantitative estimate of drug-likeness (QED) is 0.756. The van der Waals surface area contributed by atoms with Crippen LogP contribution in [0.4, 0.5) is 0 Å². The fourth-order valence-electron chi connectivity index (χ4n) is 2.32. The predicted octanol–water partition coefficient (Wildman–Crippen LogP) is 0.269. The fourth-order valence-corrected chi connectivity index (χ4v) is 4.05. The lowest BCUT2D eigenvalue weighted by molar-refractivity contribution is -0.128. The average molecular weight is 276 g/mol. The van der Waals surface area contributed by atoms with E-state index in [4.69, 9.17) is 0 Å². The molecule has 0 aromatic rings. The summed E-state index contributed by atoms with van der Waals surface area (Å²) >= 11 is 0. The van der Waals surface area contributed by atoms with Crippen molar-refractivity contribution in [3.8, 4) is 0 Å². The number of nitrogens with zero attached hydrogens (tertiary/aromatic N) is 1. The van der Waals surface area contributed by atoms with Crippen molar-refractivity contribution in [2.45, 2.75) is 26.7 Å². The molecule has 1 N–H and O–H groups in total.